The van der Waals surface area contributed by atoms with Crippen LogP contribution in [0.2, 0.25) is 0 Å². The van der Waals surface area contributed by atoms with Crippen LogP contribution >= 0.6 is 0 Å². The minimum absolute atomic E-state index is 0.0504. The first-order valence-corrected chi connectivity index (χ1v) is 7.92. The molecule has 0 bridgehead atoms. The van der Waals surface area contributed by atoms with E-state index in [4.69, 9.17) is 9.63 Å². The first-order chi connectivity index (χ1) is 11.6. The Morgan fingerprint density at radius 1 is 1.33 bits per heavy atom. The van der Waals surface area contributed by atoms with Gasteiger partial charge in [-0.2, -0.15) is 4.98 Å². The highest BCUT2D eigenvalue weighted by atomic mass is 19.1. The molecule has 1 N–H and O–H groups in total. The Bertz CT molecular complexity index is 694. The monoisotopic (exact) mass is 338 g/mol. The number of aliphatic hydroxyl groups is 1. The van der Waals surface area contributed by atoms with Gasteiger partial charge in [-0.1, -0.05) is 5.16 Å². The summed E-state index contributed by atoms with van der Waals surface area (Å²) >= 11 is 0. The molecule has 130 valence electrons. The lowest BCUT2D eigenvalue weighted by molar-refractivity contribution is 0.0630. The first-order valence-electron chi connectivity index (χ1n) is 7.92. The van der Waals surface area contributed by atoms with E-state index in [-0.39, 0.29) is 18.1 Å². The van der Waals surface area contributed by atoms with Crippen molar-refractivity contribution < 1.29 is 18.4 Å². The lowest BCUT2D eigenvalue weighted by Gasteiger charge is -2.39. The van der Waals surface area contributed by atoms with E-state index in [1.54, 1.807) is 0 Å². The van der Waals surface area contributed by atoms with Crippen LogP contribution in [-0.4, -0.2) is 63.9 Å². The molecule has 1 aliphatic heterocycles. The first kappa shape index (κ1) is 16.9. The Kier molecular flexibility index (Phi) is 5.17. The molecule has 8 heteroatoms. The van der Waals surface area contributed by atoms with Gasteiger partial charge in [-0.25, -0.2) is 8.78 Å². The molecular weight excluding hydrogens is 318 g/mol. The third kappa shape index (κ3) is 3.77. The second kappa shape index (κ2) is 7.33. The molecule has 6 nitrogen and oxygen atoms in total. The molecule has 0 radical (unpaired) electrons. The summed E-state index contributed by atoms with van der Waals surface area (Å²) in [7, 11) is 0. The molecule has 0 unspecified atom stereocenters. The van der Waals surface area contributed by atoms with Crippen LogP contribution in [0.25, 0.3) is 11.5 Å². The predicted molar refractivity (Wildman–Crippen MR) is 83.0 cm³/mol. The maximum Gasteiger partial charge on any atom is 0.260 e. The summed E-state index contributed by atoms with van der Waals surface area (Å²) in [6.07, 6.45) is 0. The largest absolute Gasteiger partial charge is 0.395 e. The van der Waals surface area contributed by atoms with E-state index in [0.29, 0.717) is 25.0 Å². The summed E-state index contributed by atoms with van der Waals surface area (Å²) < 4.78 is 31.8. The fourth-order valence-corrected chi connectivity index (χ4v) is 2.97. The van der Waals surface area contributed by atoms with Crippen LogP contribution in [0, 0.1) is 11.6 Å². The molecule has 0 spiro atoms. The van der Waals surface area contributed by atoms with Crippen LogP contribution < -0.4 is 0 Å². The molecule has 2 heterocycles. The molecule has 1 aromatic carbocycles. The highest BCUT2D eigenvalue weighted by molar-refractivity contribution is 5.53. The highest BCUT2D eigenvalue weighted by Gasteiger charge is 2.24. The molecule has 3 rings (SSSR count). The van der Waals surface area contributed by atoms with Gasteiger partial charge < -0.3 is 9.63 Å². The van der Waals surface area contributed by atoms with E-state index in [0.717, 1.165) is 31.8 Å². The van der Waals surface area contributed by atoms with Gasteiger partial charge >= 0.3 is 0 Å². The van der Waals surface area contributed by atoms with Crippen molar-refractivity contribution in [2.24, 2.45) is 0 Å². The van der Waals surface area contributed by atoms with Gasteiger partial charge in [-0.3, -0.25) is 9.80 Å². The zero-order chi connectivity index (χ0) is 17.1. The summed E-state index contributed by atoms with van der Waals surface area (Å²) in [6.45, 7) is 5.96. The van der Waals surface area contributed by atoms with Gasteiger partial charge in [-0.15, -0.1) is 0 Å². The third-order valence-electron chi connectivity index (χ3n) is 4.23. The van der Waals surface area contributed by atoms with E-state index < -0.39 is 11.6 Å². The zero-order valence-electron chi connectivity index (χ0n) is 13.5. The van der Waals surface area contributed by atoms with Gasteiger partial charge in [-0.05, 0) is 19.1 Å². The number of hydrogen-bond donors (Lipinski definition) is 1. The molecule has 0 amide bonds. The minimum Gasteiger partial charge on any atom is -0.395 e. The van der Waals surface area contributed by atoms with Crippen LogP contribution in [0.5, 0.6) is 0 Å². The van der Waals surface area contributed by atoms with Gasteiger partial charge in [0.1, 0.15) is 11.6 Å². The fourth-order valence-electron chi connectivity index (χ4n) is 2.97. The number of aliphatic hydroxyl groups excluding tert-OH is 1. The van der Waals surface area contributed by atoms with E-state index in [1.807, 2.05) is 0 Å². The normalized spacial score (nSPS) is 19.8. The molecule has 0 saturated carbocycles. The maximum atomic E-state index is 13.8. The quantitative estimate of drug-likeness (QED) is 0.892. The number of rotatable bonds is 5. The van der Waals surface area contributed by atoms with Gasteiger partial charge in [0.05, 0.1) is 18.7 Å². The number of hydrogen-bond acceptors (Lipinski definition) is 6. The lowest BCUT2D eigenvalue weighted by Crippen LogP contribution is -2.52. The predicted octanol–water partition coefficient (Wildman–Crippen LogP) is 1.51. The molecule has 0 aliphatic carbocycles. The Morgan fingerprint density at radius 3 is 2.88 bits per heavy atom. The number of β-amino-alcohol motifs (C(OH)–C–C–N with tert-alkyl or cyclic N) is 1. The van der Waals surface area contributed by atoms with Crippen molar-refractivity contribution in [3.05, 3.63) is 35.7 Å². The second-order valence-electron chi connectivity index (χ2n) is 5.98. The van der Waals surface area contributed by atoms with Crippen LogP contribution in [0.3, 0.4) is 0 Å². The molecule has 1 fully saturated rings. The third-order valence-corrected chi connectivity index (χ3v) is 4.23. The zero-order valence-corrected chi connectivity index (χ0v) is 13.5. The van der Waals surface area contributed by atoms with Crippen molar-refractivity contribution in [1.82, 2.24) is 19.9 Å². The summed E-state index contributed by atoms with van der Waals surface area (Å²) in [4.78, 5) is 8.63. The van der Waals surface area contributed by atoms with Crippen LogP contribution in [0.15, 0.2) is 22.7 Å². The topological polar surface area (TPSA) is 65.6 Å². The van der Waals surface area contributed by atoms with Crippen LogP contribution in [0.4, 0.5) is 8.78 Å². The average molecular weight is 338 g/mol. The van der Waals surface area contributed by atoms with Gasteiger partial charge in [0, 0.05) is 38.3 Å². The molecular formula is C16H20F2N4O2. The van der Waals surface area contributed by atoms with E-state index >= 15 is 0 Å². The van der Waals surface area contributed by atoms with E-state index in [9.17, 15) is 8.78 Å². The van der Waals surface area contributed by atoms with Crippen molar-refractivity contribution in [2.45, 2.75) is 19.5 Å². The van der Waals surface area contributed by atoms with E-state index in [1.165, 1.54) is 6.07 Å². The number of nitrogens with zero attached hydrogens (tertiary/aromatic N) is 4. The molecule has 1 atom stereocenters. The molecule has 1 saturated heterocycles. The molecule has 1 aromatic heterocycles. The Balaban J connectivity index is 1.64. The van der Waals surface area contributed by atoms with Crippen molar-refractivity contribution in [3.63, 3.8) is 0 Å². The van der Waals surface area contributed by atoms with Gasteiger partial charge in [0.2, 0.25) is 0 Å². The molecule has 1 aliphatic rings. The summed E-state index contributed by atoms with van der Waals surface area (Å²) in [5, 5.41) is 12.9. The summed E-state index contributed by atoms with van der Waals surface area (Å²) in [5.41, 5.74) is 0.0938. The maximum absolute atomic E-state index is 13.8. The lowest BCUT2D eigenvalue weighted by atomic mass is 10.2. The number of halogens is 2. The molecule has 24 heavy (non-hydrogen) atoms. The summed E-state index contributed by atoms with van der Waals surface area (Å²) in [6, 6.07) is 3.57. The smallest absolute Gasteiger partial charge is 0.260 e. The fraction of sp³-hybridized carbons (Fsp3) is 0.500. The van der Waals surface area contributed by atoms with Crippen molar-refractivity contribution >= 4 is 0 Å². The highest BCUT2D eigenvalue weighted by Crippen LogP contribution is 2.22. The number of benzene rings is 1. The van der Waals surface area contributed by atoms with E-state index in [2.05, 4.69) is 26.9 Å². The Labute approximate surface area is 138 Å². The van der Waals surface area contributed by atoms with Crippen molar-refractivity contribution in [3.8, 4) is 11.5 Å². The number of aromatic nitrogens is 2. The SMILES string of the molecule is C[C@H]1CN(Cc2noc(-c3ccc(F)cc3F)n2)CCN1CCO. The van der Waals surface area contributed by atoms with Gasteiger partial charge in [0.25, 0.3) is 5.89 Å². The van der Waals surface area contributed by atoms with Crippen molar-refractivity contribution in [1.29, 1.82) is 0 Å². The number of piperazine rings is 1. The van der Waals surface area contributed by atoms with Crippen LogP contribution in [-0.2, 0) is 6.54 Å². The van der Waals surface area contributed by atoms with Crippen LogP contribution in [0.1, 0.15) is 12.7 Å². The van der Waals surface area contributed by atoms with Crippen molar-refractivity contribution in [2.75, 3.05) is 32.8 Å². The average Bonchev–Trinajstić information content (AvgIpc) is 2.98. The Hall–Kier alpha value is -1.90. The standard InChI is InChI=1S/C16H20F2N4O2/c1-11-9-21(4-5-22(11)6-7-23)10-15-19-16(24-20-15)13-3-2-12(17)8-14(13)18/h2-3,8,11,23H,4-7,9-10H2,1H3/t11-/m0/s1. The molecule has 2 aromatic rings. The van der Waals surface area contributed by atoms with Gasteiger partial charge in [0.15, 0.2) is 5.82 Å². The minimum atomic E-state index is -0.726. The summed E-state index contributed by atoms with van der Waals surface area (Å²) in [5.74, 6) is -0.854. The second-order valence-corrected chi connectivity index (χ2v) is 5.98. The Morgan fingerprint density at radius 2 is 2.17 bits per heavy atom.